The zero-order valence-corrected chi connectivity index (χ0v) is 9.66. The molecule has 0 aromatic heterocycles. The van der Waals surface area contributed by atoms with E-state index in [0.717, 1.165) is 25.7 Å². The first-order valence-corrected chi connectivity index (χ1v) is 6.12. The van der Waals surface area contributed by atoms with Crippen LogP contribution in [0.3, 0.4) is 0 Å². The van der Waals surface area contributed by atoms with Crippen molar-refractivity contribution >= 4 is 11.9 Å². The Morgan fingerprint density at radius 1 is 1.06 bits per heavy atom. The zero-order chi connectivity index (χ0) is 11.6. The third-order valence-electron chi connectivity index (χ3n) is 3.42. The highest BCUT2D eigenvalue weighted by Gasteiger charge is 2.47. The predicted octanol–water partition coefficient (Wildman–Crippen LogP) is 2.16. The molecule has 1 spiro atoms. The third-order valence-corrected chi connectivity index (χ3v) is 3.42. The maximum absolute atomic E-state index is 11.7. The van der Waals surface area contributed by atoms with E-state index in [1.54, 1.807) is 6.92 Å². The summed E-state index contributed by atoms with van der Waals surface area (Å²) in [6.07, 6.45) is 5.91. The van der Waals surface area contributed by atoms with Crippen LogP contribution in [0.15, 0.2) is 0 Å². The van der Waals surface area contributed by atoms with Crippen molar-refractivity contribution in [1.29, 1.82) is 0 Å². The van der Waals surface area contributed by atoms with Crippen molar-refractivity contribution in [2.24, 2.45) is 5.92 Å². The summed E-state index contributed by atoms with van der Waals surface area (Å²) < 4.78 is 10.8. The van der Waals surface area contributed by atoms with Gasteiger partial charge in [-0.25, -0.2) is 0 Å². The lowest BCUT2D eigenvalue weighted by molar-refractivity contribution is -0.256. The Hall–Kier alpha value is -1.06. The Kier molecular flexibility index (Phi) is 3.17. The number of esters is 2. The molecule has 16 heavy (non-hydrogen) atoms. The molecule has 1 aliphatic carbocycles. The normalized spacial score (nSPS) is 26.1. The van der Waals surface area contributed by atoms with Crippen molar-refractivity contribution in [2.45, 2.75) is 57.7 Å². The molecule has 0 amide bonds. The van der Waals surface area contributed by atoms with Crippen LogP contribution in [0.2, 0.25) is 0 Å². The number of carbonyl (C=O) groups excluding carboxylic acids is 2. The van der Waals surface area contributed by atoms with Gasteiger partial charge in [-0.15, -0.1) is 0 Å². The van der Waals surface area contributed by atoms with E-state index >= 15 is 0 Å². The van der Waals surface area contributed by atoms with E-state index in [-0.39, 0.29) is 0 Å². The fourth-order valence-electron chi connectivity index (χ4n) is 2.43. The van der Waals surface area contributed by atoms with E-state index in [2.05, 4.69) is 0 Å². The standard InChI is InChI=1S/C12H18O4/c1-2-9-10(13)15-12(16-11(9)14)7-5-3-4-6-8-12/h9H,2-8H2,1H3. The quantitative estimate of drug-likeness (QED) is 0.508. The fourth-order valence-corrected chi connectivity index (χ4v) is 2.43. The number of ether oxygens (including phenoxy) is 2. The molecule has 0 aromatic rings. The molecule has 0 bridgehead atoms. The van der Waals surface area contributed by atoms with Crippen molar-refractivity contribution in [3.8, 4) is 0 Å². The van der Waals surface area contributed by atoms with Gasteiger partial charge in [-0.05, 0) is 19.3 Å². The first-order chi connectivity index (χ1) is 7.67. The molecule has 2 rings (SSSR count). The Morgan fingerprint density at radius 3 is 2.00 bits per heavy atom. The maximum Gasteiger partial charge on any atom is 0.323 e. The molecule has 90 valence electrons. The SMILES string of the molecule is CCC1C(=O)OC2(CCCCCC2)OC1=O. The first-order valence-electron chi connectivity index (χ1n) is 6.12. The van der Waals surface area contributed by atoms with Crippen LogP contribution in [0.1, 0.15) is 51.9 Å². The van der Waals surface area contributed by atoms with Crippen molar-refractivity contribution < 1.29 is 19.1 Å². The lowest BCUT2D eigenvalue weighted by Crippen LogP contribution is -2.49. The van der Waals surface area contributed by atoms with E-state index in [4.69, 9.17) is 9.47 Å². The van der Waals surface area contributed by atoms with Gasteiger partial charge in [-0.2, -0.15) is 0 Å². The fraction of sp³-hybridized carbons (Fsp3) is 0.833. The van der Waals surface area contributed by atoms with E-state index in [1.807, 2.05) is 0 Å². The van der Waals surface area contributed by atoms with Gasteiger partial charge >= 0.3 is 11.9 Å². The first kappa shape index (κ1) is 11.4. The third kappa shape index (κ3) is 2.06. The average Bonchev–Trinajstić information content (AvgIpc) is 2.43. The van der Waals surface area contributed by atoms with Crippen molar-refractivity contribution in [3.05, 3.63) is 0 Å². The molecular formula is C12H18O4. The zero-order valence-electron chi connectivity index (χ0n) is 9.66. The van der Waals surface area contributed by atoms with Crippen LogP contribution in [-0.2, 0) is 19.1 Å². The minimum absolute atomic E-state index is 0.402. The van der Waals surface area contributed by atoms with E-state index in [1.165, 1.54) is 0 Å². The largest absolute Gasteiger partial charge is 0.422 e. The van der Waals surface area contributed by atoms with Crippen LogP contribution in [0.4, 0.5) is 0 Å². The minimum Gasteiger partial charge on any atom is -0.422 e. The number of carbonyl (C=O) groups is 2. The smallest absolute Gasteiger partial charge is 0.323 e. The summed E-state index contributed by atoms with van der Waals surface area (Å²) in [6.45, 7) is 1.79. The highest BCUT2D eigenvalue weighted by molar-refractivity contribution is 5.96. The Morgan fingerprint density at radius 2 is 1.56 bits per heavy atom. The average molecular weight is 226 g/mol. The van der Waals surface area contributed by atoms with E-state index < -0.39 is 23.6 Å². The molecule has 2 aliphatic rings. The second-order valence-electron chi connectivity index (χ2n) is 4.63. The monoisotopic (exact) mass is 226 g/mol. The summed E-state index contributed by atoms with van der Waals surface area (Å²) in [6, 6.07) is 0. The van der Waals surface area contributed by atoms with Gasteiger partial charge in [0.25, 0.3) is 5.79 Å². The lowest BCUT2D eigenvalue weighted by Gasteiger charge is -2.37. The van der Waals surface area contributed by atoms with Crippen LogP contribution in [0.5, 0.6) is 0 Å². The second-order valence-corrected chi connectivity index (χ2v) is 4.63. The lowest BCUT2D eigenvalue weighted by atomic mass is 10.0. The molecular weight excluding hydrogens is 208 g/mol. The van der Waals surface area contributed by atoms with Gasteiger partial charge in [0.2, 0.25) is 0 Å². The van der Waals surface area contributed by atoms with Crippen molar-refractivity contribution in [3.63, 3.8) is 0 Å². The maximum atomic E-state index is 11.7. The Balaban J connectivity index is 2.12. The van der Waals surface area contributed by atoms with Gasteiger partial charge < -0.3 is 9.47 Å². The second kappa shape index (κ2) is 4.44. The molecule has 1 saturated carbocycles. The molecule has 1 aliphatic heterocycles. The Bertz CT molecular complexity index is 269. The van der Waals surface area contributed by atoms with Crippen molar-refractivity contribution in [1.82, 2.24) is 0 Å². The van der Waals surface area contributed by atoms with E-state index in [9.17, 15) is 9.59 Å². The summed E-state index contributed by atoms with van der Waals surface area (Å²) in [5, 5.41) is 0. The van der Waals surface area contributed by atoms with Crippen LogP contribution in [0.25, 0.3) is 0 Å². The molecule has 0 aromatic carbocycles. The van der Waals surface area contributed by atoms with Crippen LogP contribution < -0.4 is 0 Å². The topological polar surface area (TPSA) is 52.6 Å². The van der Waals surface area contributed by atoms with Gasteiger partial charge in [-0.3, -0.25) is 9.59 Å². The highest BCUT2D eigenvalue weighted by Crippen LogP contribution is 2.36. The summed E-state index contributed by atoms with van der Waals surface area (Å²) in [5.74, 6) is -2.45. The number of hydrogen-bond acceptors (Lipinski definition) is 4. The summed E-state index contributed by atoms with van der Waals surface area (Å²) in [7, 11) is 0. The molecule has 1 heterocycles. The molecule has 0 atom stereocenters. The molecule has 4 heteroatoms. The summed E-state index contributed by atoms with van der Waals surface area (Å²) >= 11 is 0. The predicted molar refractivity (Wildman–Crippen MR) is 56.4 cm³/mol. The van der Waals surface area contributed by atoms with E-state index in [0.29, 0.717) is 19.3 Å². The minimum atomic E-state index is -0.934. The highest BCUT2D eigenvalue weighted by atomic mass is 16.7. The molecule has 2 fully saturated rings. The molecule has 1 saturated heterocycles. The number of rotatable bonds is 1. The van der Waals surface area contributed by atoms with Crippen LogP contribution >= 0.6 is 0 Å². The van der Waals surface area contributed by atoms with Crippen molar-refractivity contribution in [2.75, 3.05) is 0 Å². The molecule has 0 radical (unpaired) electrons. The summed E-state index contributed by atoms with van der Waals surface area (Å²) in [4.78, 5) is 23.4. The summed E-state index contributed by atoms with van der Waals surface area (Å²) in [5.41, 5.74) is 0. The number of hydrogen-bond donors (Lipinski definition) is 0. The van der Waals surface area contributed by atoms with Gasteiger partial charge in [0, 0.05) is 12.8 Å². The Labute approximate surface area is 95.3 Å². The molecule has 0 unspecified atom stereocenters. The molecule has 0 N–H and O–H groups in total. The van der Waals surface area contributed by atoms with Gasteiger partial charge in [-0.1, -0.05) is 19.8 Å². The van der Waals surface area contributed by atoms with Crippen LogP contribution in [-0.4, -0.2) is 17.7 Å². The van der Waals surface area contributed by atoms with Crippen LogP contribution in [0, 0.1) is 5.92 Å². The van der Waals surface area contributed by atoms with Gasteiger partial charge in [0.05, 0.1) is 0 Å². The van der Waals surface area contributed by atoms with Gasteiger partial charge in [0.1, 0.15) is 0 Å². The molecule has 4 nitrogen and oxygen atoms in total. The van der Waals surface area contributed by atoms with Gasteiger partial charge in [0.15, 0.2) is 5.92 Å².